The van der Waals surface area contributed by atoms with E-state index in [0.29, 0.717) is 26.0 Å². The van der Waals surface area contributed by atoms with E-state index >= 15 is 0 Å². The summed E-state index contributed by atoms with van der Waals surface area (Å²) < 4.78 is 9.98. The molecule has 0 aromatic heterocycles. The zero-order valence-corrected chi connectivity index (χ0v) is 16.2. The summed E-state index contributed by atoms with van der Waals surface area (Å²) in [6.45, 7) is 4.18. The zero-order valence-electron chi connectivity index (χ0n) is 16.2. The summed E-state index contributed by atoms with van der Waals surface area (Å²) in [5, 5.41) is 5.69. The highest BCUT2D eigenvalue weighted by Crippen LogP contribution is 2.06. The molecule has 0 fully saturated rings. The van der Waals surface area contributed by atoms with Gasteiger partial charge in [0.05, 0.1) is 13.2 Å². The summed E-state index contributed by atoms with van der Waals surface area (Å²) in [6, 6.07) is 7.54. The third-order valence-corrected chi connectivity index (χ3v) is 3.63. The lowest BCUT2D eigenvalue weighted by Crippen LogP contribution is -2.27. The number of esters is 1. The van der Waals surface area contributed by atoms with Crippen LogP contribution in [0, 0.1) is 0 Å². The molecule has 0 aliphatic heterocycles. The fourth-order valence-electron chi connectivity index (χ4n) is 2.13. The Labute approximate surface area is 160 Å². The molecule has 0 heterocycles. The minimum atomic E-state index is -0.326. The van der Waals surface area contributed by atoms with Crippen LogP contribution < -0.4 is 10.6 Å². The summed E-state index contributed by atoms with van der Waals surface area (Å²) in [5.74, 6) is -0.504. The van der Waals surface area contributed by atoms with Crippen LogP contribution >= 0.6 is 0 Å². The Morgan fingerprint density at radius 2 is 1.70 bits per heavy atom. The van der Waals surface area contributed by atoms with Gasteiger partial charge in [-0.05, 0) is 18.1 Å². The van der Waals surface area contributed by atoms with Crippen molar-refractivity contribution in [2.24, 2.45) is 0 Å². The molecule has 7 nitrogen and oxygen atoms in total. The highest BCUT2D eigenvalue weighted by atomic mass is 16.5. The predicted octanol–water partition coefficient (Wildman–Crippen LogP) is 1.51. The molecule has 0 aliphatic carbocycles. The van der Waals surface area contributed by atoms with Crippen LogP contribution in [0.5, 0.6) is 0 Å². The Morgan fingerprint density at radius 1 is 1.04 bits per heavy atom. The van der Waals surface area contributed by atoms with E-state index < -0.39 is 0 Å². The molecular weight excluding hydrogens is 348 g/mol. The minimum absolute atomic E-state index is 0.0359. The molecule has 0 unspecified atom stereocenters. The van der Waals surface area contributed by atoms with Crippen molar-refractivity contribution in [2.45, 2.75) is 33.2 Å². The standard InChI is InChI=1S/C20H28N2O5/c1-15(21-3)11-19(24)12-17-5-7-18(8-6-17)13-22-20(25)14-26-9-4-10-27-16(2)23/h5-8,11,21H,4,9-10,12-14H2,1-3H3,(H,22,25)/b15-11-. The zero-order chi connectivity index (χ0) is 20.1. The van der Waals surface area contributed by atoms with Gasteiger partial charge in [0.25, 0.3) is 0 Å². The van der Waals surface area contributed by atoms with E-state index in [4.69, 9.17) is 9.47 Å². The maximum atomic E-state index is 11.9. The highest BCUT2D eigenvalue weighted by molar-refractivity contribution is 5.91. The summed E-state index contributed by atoms with van der Waals surface area (Å²) in [4.78, 5) is 34.2. The lowest BCUT2D eigenvalue weighted by atomic mass is 10.1. The first-order chi connectivity index (χ1) is 12.9. The van der Waals surface area contributed by atoms with Crippen molar-refractivity contribution < 1.29 is 23.9 Å². The Morgan fingerprint density at radius 3 is 2.33 bits per heavy atom. The Balaban J connectivity index is 2.26. The number of ketones is 1. The normalized spacial score (nSPS) is 11.0. The Hall–Kier alpha value is -2.67. The van der Waals surface area contributed by atoms with Gasteiger partial charge in [-0.15, -0.1) is 0 Å². The van der Waals surface area contributed by atoms with E-state index in [2.05, 4.69) is 10.6 Å². The first-order valence-corrected chi connectivity index (χ1v) is 8.85. The molecule has 0 bridgehead atoms. The topological polar surface area (TPSA) is 93.7 Å². The van der Waals surface area contributed by atoms with Crippen molar-refractivity contribution in [2.75, 3.05) is 26.9 Å². The Kier molecular flexibility index (Phi) is 10.5. The Bertz CT molecular complexity index is 653. The van der Waals surface area contributed by atoms with E-state index in [0.717, 1.165) is 16.8 Å². The summed E-state index contributed by atoms with van der Waals surface area (Å²) in [6.07, 6.45) is 2.48. The first kappa shape index (κ1) is 22.4. The molecule has 0 radical (unpaired) electrons. The monoisotopic (exact) mass is 376 g/mol. The summed E-state index contributed by atoms with van der Waals surface area (Å²) in [5.41, 5.74) is 2.69. The van der Waals surface area contributed by atoms with Crippen molar-refractivity contribution >= 4 is 17.7 Å². The molecule has 0 aliphatic rings. The molecule has 0 spiro atoms. The molecule has 7 heteroatoms. The second-order valence-electron chi connectivity index (χ2n) is 6.06. The number of carbonyl (C=O) groups is 3. The molecule has 27 heavy (non-hydrogen) atoms. The number of rotatable bonds is 12. The molecular formula is C20H28N2O5. The van der Waals surface area contributed by atoms with Gasteiger partial charge in [0.1, 0.15) is 6.61 Å². The molecule has 0 saturated carbocycles. The molecule has 1 rings (SSSR count). The largest absolute Gasteiger partial charge is 0.466 e. The van der Waals surface area contributed by atoms with E-state index in [1.54, 1.807) is 13.1 Å². The molecule has 2 N–H and O–H groups in total. The van der Waals surface area contributed by atoms with Crippen molar-refractivity contribution in [3.8, 4) is 0 Å². The fraction of sp³-hybridized carbons (Fsp3) is 0.450. The maximum absolute atomic E-state index is 11.9. The number of benzene rings is 1. The molecule has 1 aromatic carbocycles. The van der Waals surface area contributed by atoms with Crippen LogP contribution in [0.15, 0.2) is 36.0 Å². The fourth-order valence-corrected chi connectivity index (χ4v) is 2.13. The average molecular weight is 376 g/mol. The van der Waals surface area contributed by atoms with Crippen molar-refractivity contribution in [3.05, 3.63) is 47.2 Å². The third-order valence-electron chi connectivity index (χ3n) is 3.63. The van der Waals surface area contributed by atoms with Gasteiger partial charge >= 0.3 is 5.97 Å². The number of amides is 1. The van der Waals surface area contributed by atoms with E-state index in [-0.39, 0.29) is 30.9 Å². The van der Waals surface area contributed by atoms with Gasteiger partial charge in [-0.25, -0.2) is 0 Å². The van der Waals surface area contributed by atoms with Crippen LogP contribution in [0.4, 0.5) is 0 Å². The number of nitrogens with one attached hydrogen (secondary N) is 2. The van der Waals surface area contributed by atoms with Gasteiger partial charge in [-0.3, -0.25) is 14.4 Å². The lowest BCUT2D eigenvalue weighted by molar-refractivity contribution is -0.141. The quantitative estimate of drug-likeness (QED) is 0.326. The maximum Gasteiger partial charge on any atom is 0.302 e. The second-order valence-corrected chi connectivity index (χ2v) is 6.06. The average Bonchev–Trinajstić information content (AvgIpc) is 2.63. The number of allylic oxidation sites excluding steroid dienone is 2. The van der Waals surface area contributed by atoms with Crippen LogP contribution in [0.2, 0.25) is 0 Å². The summed E-state index contributed by atoms with van der Waals surface area (Å²) in [7, 11) is 1.77. The van der Waals surface area contributed by atoms with Gasteiger partial charge in [-0.2, -0.15) is 0 Å². The number of ether oxygens (including phenoxy) is 2. The molecule has 148 valence electrons. The molecule has 1 aromatic rings. The lowest BCUT2D eigenvalue weighted by Gasteiger charge is -2.07. The van der Waals surface area contributed by atoms with Crippen LogP contribution in [0.25, 0.3) is 0 Å². The van der Waals surface area contributed by atoms with Crippen LogP contribution in [0.1, 0.15) is 31.4 Å². The van der Waals surface area contributed by atoms with Crippen molar-refractivity contribution in [3.63, 3.8) is 0 Å². The predicted molar refractivity (Wildman–Crippen MR) is 102 cm³/mol. The second kappa shape index (κ2) is 12.6. The van der Waals surface area contributed by atoms with Gasteiger partial charge in [0, 0.05) is 45.1 Å². The summed E-state index contributed by atoms with van der Waals surface area (Å²) >= 11 is 0. The van der Waals surface area contributed by atoms with Crippen LogP contribution in [-0.2, 0) is 36.8 Å². The van der Waals surface area contributed by atoms with Gasteiger partial charge < -0.3 is 20.1 Å². The number of carbonyl (C=O) groups excluding carboxylic acids is 3. The van der Waals surface area contributed by atoms with E-state index in [1.807, 2.05) is 31.2 Å². The smallest absolute Gasteiger partial charge is 0.302 e. The SMILES string of the molecule is CN/C(C)=C\C(=O)Cc1ccc(CNC(=O)COCCCOC(C)=O)cc1. The number of hydrogen-bond acceptors (Lipinski definition) is 6. The molecule has 1 amide bonds. The van der Waals surface area contributed by atoms with E-state index in [1.165, 1.54) is 6.92 Å². The van der Waals surface area contributed by atoms with E-state index in [9.17, 15) is 14.4 Å². The van der Waals surface area contributed by atoms with Crippen LogP contribution in [-0.4, -0.2) is 44.5 Å². The van der Waals surface area contributed by atoms with Crippen molar-refractivity contribution in [1.82, 2.24) is 10.6 Å². The molecule has 0 saturated heterocycles. The minimum Gasteiger partial charge on any atom is -0.466 e. The van der Waals surface area contributed by atoms with Crippen molar-refractivity contribution in [1.29, 1.82) is 0 Å². The number of hydrogen-bond donors (Lipinski definition) is 2. The van der Waals surface area contributed by atoms with Gasteiger partial charge in [0.2, 0.25) is 5.91 Å². The van der Waals surface area contributed by atoms with Gasteiger partial charge in [-0.1, -0.05) is 24.3 Å². The van der Waals surface area contributed by atoms with Crippen LogP contribution in [0.3, 0.4) is 0 Å². The van der Waals surface area contributed by atoms with Gasteiger partial charge in [0.15, 0.2) is 5.78 Å². The highest BCUT2D eigenvalue weighted by Gasteiger charge is 2.04. The first-order valence-electron chi connectivity index (χ1n) is 8.85. The molecule has 0 atom stereocenters. The third kappa shape index (κ3) is 10.8.